The maximum absolute atomic E-state index is 4.83. The van der Waals surface area contributed by atoms with Crippen LogP contribution in [0.2, 0.25) is 0 Å². The second-order valence-electron chi connectivity index (χ2n) is 3.51. The van der Waals surface area contributed by atoms with Gasteiger partial charge in [-0.25, -0.2) is 0 Å². The summed E-state index contributed by atoms with van der Waals surface area (Å²) in [5, 5.41) is 0. The van der Waals surface area contributed by atoms with Gasteiger partial charge in [-0.2, -0.15) is 0 Å². The molecule has 1 heteroatoms. The van der Waals surface area contributed by atoms with E-state index in [1.54, 1.807) is 0 Å². The van der Waals surface area contributed by atoms with Crippen molar-refractivity contribution in [3.8, 4) is 11.1 Å². The quantitative estimate of drug-likeness (QED) is 0.686. The standard InChI is InChI=1S/C12H10.C4H10O.C2H4/c1-3-7-11(8-4-1)12-9-5-2-6-10-12;1-3-5-4-2;1-2/h1-10H;3-4H2,1-2H3;1-2H2. The van der Waals surface area contributed by atoms with Gasteiger partial charge in [0.1, 0.15) is 0 Å². The fraction of sp³-hybridized carbons (Fsp3) is 0.222. The summed E-state index contributed by atoms with van der Waals surface area (Å²) in [6.45, 7) is 11.7. The van der Waals surface area contributed by atoms with E-state index in [1.807, 2.05) is 26.0 Å². The first-order valence-electron chi connectivity index (χ1n) is 6.56. The van der Waals surface area contributed by atoms with Gasteiger partial charge in [0.25, 0.3) is 0 Å². The van der Waals surface area contributed by atoms with Gasteiger partial charge in [0.15, 0.2) is 0 Å². The van der Waals surface area contributed by atoms with Crippen LogP contribution in [0.3, 0.4) is 0 Å². The fourth-order valence-corrected chi connectivity index (χ4v) is 1.47. The first kappa shape index (κ1) is 17.1. The highest BCUT2D eigenvalue weighted by Gasteiger charge is 1.91. The van der Waals surface area contributed by atoms with Crippen LogP contribution in [-0.2, 0) is 4.74 Å². The van der Waals surface area contributed by atoms with Crippen LogP contribution in [0.4, 0.5) is 0 Å². The third-order valence-corrected chi connectivity index (χ3v) is 2.29. The summed E-state index contributed by atoms with van der Waals surface area (Å²) in [5.74, 6) is 0. The Morgan fingerprint density at radius 3 is 1.21 bits per heavy atom. The molecule has 0 atom stereocenters. The van der Waals surface area contributed by atoms with E-state index < -0.39 is 0 Å². The average Bonchev–Trinajstić information content (AvgIpc) is 2.52. The van der Waals surface area contributed by atoms with Gasteiger partial charge in [0.05, 0.1) is 0 Å². The second-order valence-corrected chi connectivity index (χ2v) is 3.51. The minimum absolute atomic E-state index is 0.844. The summed E-state index contributed by atoms with van der Waals surface area (Å²) in [4.78, 5) is 0. The highest BCUT2D eigenvalue weighted by atomic mass is 16.5. The van der Waals surface area contributed by atoms with Crippen molar-refractivity contribution < 1.29 is 4.74 Å². The van der Waals surface area contributed by atoms with Gasteiger partial charge in [0.2, 0.25) is 0 Å². The largest absolute Gasteiger partial charge is 0.382 e. The lowest BCUT2D eigenvalue weighted by atomic mass is 10.1. The van der Waals surface area contributed by atoms with E-state index >= 15 is 0 Å². The molecule has 2 rings (SSSR count). The molecule has 0 heterocycles. The van der Waals surface area contributed by atoms with Crippen molar-refractivity contribution in [1.82, 2.24) is 0 Å². The van der Waals surface area contributed by atoms with Crippen molar-refractivity contribution in [3.05, 3.63) is 73.8 Å². The molecular formula is C18H24O. The SMILES string of the molecule is C=C.CCOCC.c1ccc(-c2ccccc2)cc1. The predicted octanol–water partition coefficient (Wildman–Crippen LogP) is 5.20. The molecule has 0 saturated carbocycles. The second kappa shape index (κ2) is 12.6. The molecule has 102 valence electrons. The third kappa shape index (κ3) is 7.96. The Morgan fingerprint density at radius 1 is 0.684 bits per heavy atom. The molecule has 2 aromatic carbocycles. The zero-order valence-electron chi connectivity index (χ0n) is 12.0. The molecule has 0 fully saturated rings. The van der Waals surface area contributed by atoms with Crippen molar-refractivity contribution in [2.45, 2.75) is 13.8 Å². The molecule has 0 amide bonds. The first-order valence-corrected chi connectivity index (χ1v) is 6.56. The molecule has 0 spiro atoms. The molecular weight excluding hydrogens is 232 g/mol. The van der Waals surface area contributed by atoms with Crippen LogP contribution < -0.4 is 0 Å². The van der Waals surface area contributed by atoms with Gasteiger partial charge in [-0.3, -0.25) is 0 Å². The lowest BCUT2D eigenvalue weighted by Crippen LogP contribution is -1.84. The smallest absolute Gasteiger partial charge is 0.0437 e. The molecule has 0 unspecified atom stereocenters. The van der Waals surface area contributed by atoms with Gasteiger partial charge < -0.3 is 4.74 Å². The minimum Gasteiger partial charge on any atom is -0.382 e. The zero-order valence-corrected chi connectivity index (χ0v) is 12.0. The molecule has 19 heavy (non-hydrogen) atoms. The molecule has 2 aromatic rings. The number of hydrogen-bond acceptors (Lipinski definition) is 1. The number of benzene rings is 2. The van der Waals surface area contributed by atoms with Crippen LogP contribution in [0.1, 0.15) is 13.8 Å². The van der Waals surface area contributed by atoms with Crippen LogP contribution in [0.5, 0.6) is 0 Å². The van der Waals surface area contributed by atoms with Gasteiger partial charge in [0, 0.05) is 13.2 Å². The first-order chi connectivity index (χ1) is 9.38. The molecule has 0 radical (unpaired) electrons. The van der Waals surface area contributed by atoms with Crippen LogP contribution >= 0.6 is 0 Å². The van der Waals surface area contributed by atoms with Crippen molar-refractivity contribution in [2.24, 2.45) is 0 Å². The number of ether oxygens (including phenoxy) is 1. The van der Waals surface area contributed by atoms with E-state index in [2.05, 4.69) is 61.7 Å². The molecule has 0 aliphatic rings. The van der Waals surface area contributed by atoms with Gasteiger partial charge in [-0.1, -0.05) is 60.7 Å². The van der Waals surface area contributed by atoms with E-state index in [0.717, 1.165) is 13.2 Å². The van der Waals surface area contributed by atoms with E-state index in [0.29, 0.717) is 0 Å². The summed E-state index contributed by atoms with van der Waals surface area (Å²) >= 11 is 0. The predicted molar refractivity (Wildman–Crippen MR) is 85.3 cm³/mol. The van der Waals surface area contributed by atoms with E-state index in [-0.39, 0.29) is 0 Å². The van der Waals surface area contributed by atoms with Crippen LogP contribution in [0.25, 0.3) is 11.1 Å². The lowest BCUT2D eigenvalue weighted by Gasteiger charge is -1.98. The molecule has 0 saturated heterocycles. The summed E-state index contributed by atoms with van der Waals surface area (Å²) in [5.41, 5.74) is 2.55. The Hall–Kier alpha value is -1.86. The zero-order chi connectivity index (χ0) is 14.3. The van der Waals surface area contributed by atoms with Gasteiger partial charge >= 0.3 is 0 Å². The molecule has 1 nitrogen and oxygen atoms in total. The Bertz CT molecular complexity index is 355. The fourth-order valence-electron chi connectivity index (χ4n) is 1.47. The topological polar surface area (TPSA) is 9.23 Å². The van der Waals surface area contributed by atoms with Crippen molar-refractivity contribution in [2.75, 3.05) is 13.2 Å². The molecule has 0 bridgehead atoms. The molecule has 0 aliphatic carbocycles. The molecule has 0 aliphatic heterocycles. The maximum Gasteiger partial charge on any atom is 0.0437 e. The summed E-state index contributed by atoms with van der Waals surface area (Å²) < 4.78 is 4.83. The monoisotopic (exact) mass is 256 g/mol. The summed E-state index contributed by atoms with van der Waals surface area (Å²) in [6, 6.07) is 20.8. The Kier molecular flexibility index (Phi) is 11.4. The molecule has 0 aromatic heterocycles. The van der Waals surface area contributed by atoms with Crippen LogP contribution in [0, 0.1) is 0 Å². The van der Waals surface area contributed by atoms with Crippen molar-refractivity contribution in [3.63, 3.8) is 0 Å². The van der Waals surface area contributed by atoms with Crippen molar-refractivity contribution >= 4 is 0 Å². The minimum atomic E-state index is 0.844. The Balaban J connectivity index is 0.000000396. The van der Waals surface area contributed by atoms with Crippen molar-refractivity contribution in [1.29, 1.82) is 0 Å². The highest BCUT2D eigenvalue weighted by Crippen LogP contribution is 2.17. The van der Waals surface area contributed by atoms with E-state index in [1.165, 1.54) is 11.1 Å². The van der Waals surface area contributed by atoms with Gasteiger partial charge in [-0.05, 0) is 25.0 Å². The summed E-state index contributed by atoms with van der Waals surface area (Å²) in [6.07, 6.45) is 0. The molecule has 0 N–H and O–H groups in total. The normalized spacial score (nSPS) is 8.53. The Morgan fingerprint density at radius 2 is 1.00 bits per heavy atom. The Labute approximate surface area is 117 Å². The highest BCUT2D eigenvalue weighted by molar-refractivity contribution is 5.62. The van der Waals surface area contributed by atoms with E-state index in [4.69, 9.17) is 4.74 Å². The third-order valence-electron chi connectivity index (χ3n) is 2.29. The van der Waals surface area contributed by atoms with E-state index in [9.17, 15) is 0 Å². The summed E-state index contributed by atoms with van der Waals surface area (Å²) in [7, 11) is 0. The maximum atomic E-state index is 4.83. The average molecular weight is 256 g/mol. The lowest BCUT2D eigenvalue weighted by molar-refractivity contribution is 0.162. The van der Waals surface area contributed by atoms with Crippen LogP contribution in [0.15, 0.2) is 73.8 Å². The van der Waals surface area contributed by atoms with Gasteiger partial charge in [-0.15, -0.1) is 13.2 Å². The number of hydrogen-bond donors (Lipinski definition) is 0. The number of rotatable bonds is 3. The van der Waals surface area contributed by atoms with Crippen LogP contribution in [-0.4, -0.2) is 13.2 Å².